The Bertz CT molecular complexity index is 855. The van der Waals surface area contributed by atoms with E-state index in [0.29, 0.717) is 31.2 Å². The fraction of sp³-hybridized carbons (Fsp3) is 0.278. The summed E-state index contributed by atoms with van der Waals surface area (Å²) in [5.74, 6) is 2.52. The first-order chi connectivity index (χ1) is 12.2. The molecule has 25 heavy (non-hydrogen) atoms. The van der Waals surface area contributed by atoms with E-state index in [-0.39, 0.29) is 11.8 Å². The second kappa shape index (κ2) is 6.43. The molecule has 0 radical (unpaired) electrons. The summed E-state index contributed by atoms with van der Waals surface area (Å²) in [7, 11) is 1.62. The molecule has 7 nitrogen and oxygen atoms in total. The van der Waals surface area contributed by atoms with Gasteiger partial charge in [0.1, 0.15) is 11.5 Å². The lowest BCUT2D eigenvalue weighted by Gasteiger charge is -2.13. The molecule has 1 amide bonds. The second-order valence-electron chi connectivity index (χ2n) is 5.94. The van der Waals surface area contributed by atoms with Gasteiger partial charge in [-0.1, -0.05) is 5.16 Å². The minimum Gasteiger partial charge on any atom is -0.497 e. The Labute approximate surface area is 144 Å². The molecular weight excluding hydrogens is 322 g/mol. The zero-order valence-electron chi connectivity index (χ0n) is 13.7. The highest BCUT2D eigenvalue weighted by Crippen LogP contribution is 2.29. The predicted molar refractivity (Wildman–Crippen MR) is 87.8 cm³/mol. The molecule has 1 fully saturated rings. The Morgan fingerprint density at radius 3 is 2.84 bits per heavy atom. The molecule has 1 aliphatic heterocycles. The van der Waals surface area contributed by atoms with Gasteiger partial charge in [-0.25, -0.2) is 0 Å². The van der Waals surface area contributed by atoms with Gasteiger partial charge in [0.15, 0.2) is 5.82 Å². The number of amides is 1. The Kier molecular flexibility index (Phi) is 3.97. The molecule has 1 atom stereocenters. The largest absolute Gasteiger partial charge is 0.497 e. The number of hydrogen-bond acceptors (Lipinski definition) is 6. The summed E-state index contributed by atoms with van der Waals surface area (Å²) in [5, 5.41) is 4.06. The van der Waals surface area contributed by atoms with Crippen LogP contribution in [0.3, 0.4) is 0 Å². The highest BCUT2D eigenvalue weighted by atomic mass is 16.5. The lowest BCUT2D eigenvalue weighted by Crippen LogP contribution is -2.24. The highest BCUT2D eigenvalue weighted by molar-refractivity contribution is 5.79. The first-order valence-electron chi connectivity index (χ1n) is 8.01. The van der Waals surface area contributed by atoms with Crippen LogP contribution in [0.1, 0.15) is 23.9 Å². The van der Waals surface area contributed by atoms with Gasteiger partial charge in [-0.15, -0.1) is 0 Å². The fourth-order valence-corrected chi connectivity index (χ4v) is 2.94. The van der Waals surface area contributed by atoms with Crippen LogP contribution in [0.5, 0.6) is 5.75 Å². The number of furan rings is 1. The van der Waals surface area contributed by atoms with E-state index in [1.54, 1.807) is 18.3 Å². The molecule has 1 aromatic carbocycles. The normalized spacial score (nSPS) is 17.2. The molecule has 0 N–H and O–H groups in total. The minimum atomic E-state index is -0.0711. The number of hydrogen-bond donors (Lipinski definition) is 0. The van der Waals surface area contributed by atoms with Crippen molar-refractivity contribution in [3.63, 3.8) is 0 Å². The van der Waals surface area contributed by atoms with Gasteiger partial charge in [-0.05, 0) is 36.4 Å². The number of rotatable bonds is 5. The van der Waals surface area contributed by atoms with Crippen LogP contribution in [0.15, 0.2) is 51.6 Å². The average Bonchev–Trinajstić information content (AvgIpc) is 3.37. The van der Waals surface area contributed by atoms with Crippen molar-refractivity contribution in [3.8, 4) is 17.2 Å². The monoisotopic (exact) mass is 339 g/mol. The summed E-state index contributed by atoms with van der Waals surface area (Å²) in [6.07, 6.45) is 1.98. The van der Waals surface area contributed by atoms with Crippen LogP contribution in [0.25, 0.3) is 11.5 Å². The van der Waals surface area contributed by atoms with Crippen LogP contribution in [-0.4, -0.2) is 34.6 Å². The maximum atomic E-state index is 12.2. The number of benzene rings is 1. The minimum absolute atomic E-state index is 0.0668. The number of aromatic nitrogens is 2. The molecule has 0 saturated carbocycles. The van der Waals surface area contributed by atoms with Gasteiger partial charge in [-0.2, -0.15) is 4.98 Å². The Hall–Kier alpha value is -3.09. The van der Waals surface area contributed by atoms with Gasteiger partial charge in [0, 0.05) is 24.4 Å². The third-order valence-corrected chi connectivity index (χ3v) is 4.29. The maximum Gasteiger partial charge on any atom is 0.257 e. The van der Waals surface area contributed by atoms with Crippen LogP contribution in [-0.2, 0) is 11.3 Å². The number of likely N-dealkylation sites (tertiary alicyclic amines) is 1. The summed E-state index contributed by atoms with van der Waals surface area (Å²) in [6.45, 7) is 1.02. The van der Waals surface area contributed by atoms with Crippen LogP contribution in [0.2, 0.25) is 0 Å². The lowest BCUT2D eigenvalue weighted by atomic mass is 10.1. The van der Waals surface area contributed by atoms with Crippen molar-refractivity contribution in [2.45, 2.75) is 18.9 Å². The molecule has 1 saturated heterocycles. The maximum absolute atomic E-state index is 12.2. The van der Waals surface area contributed by atoms with E-state index >= 15 is 0 Å². The number of ether oxygens (including phenoxy) is 1. The van der Waals surface area contributed by atoms with Gasteiger partial charge >= 0.3 is 0 Å². The Morgan fingerprint density at radius 2 is 2.12 bits per heavy atom. The number of carbonyl (C=O) groups excluding carboxylic acids is 1. The highest BCUT2D eigenvalue weighted by Gasteiger charge is 2.34. The summed E-state index contributed by atoms with van der Waals surface area (Å²) in [4.78, 5) is 18.4. The fourth-order valence-electron chi connectivity index (χ4n) is 2.94. The molecule has 2 aromatic heterocycles. The van der Waals surface area contributed by atoms with Crippen molar-refractivity contribution in [1.29, 1.82) is 0 Å². The third kappa shape index (κ3) is 3.13. The van der Waals surface area contributed by atoms with Crippen molar-refractivity contribution in [1.82, 2.24) is 15.0 Å². The zero-order valence-corrected chi connectivity index (χ0v) is 13.7. The molecular formula is C18H17N3O4. The smallest absolute Gasteiger partial charge is 0.257 e. The summed E-state index contributed by atoms with van der Waals surface area (Å²) < 4.78 is 15.8. The lowest BCUT2D eigenvalue weighted by molar-refractivity contribution is -0.128. The number of methoxy groups -OCH3 is 1. The molecule has 0 bridgehead atoms. The summed E-state index contributed by atoms with van der Waals surface area (Å²) >= 11 is 0. The third-order valence-electron chi connectivity index (χ3n) is 4.29. The molecule has 1 aliphatic rings. The van der Waals surface area contributed by atoms with Gasteiger partial charge < -0.3 is 18.6 Å². The molecule has 7 heteroatoms. The van der Waals surface area contributed by atoms with Crippen molar-refractivity contribution in [2.75, 3.05) is 13.7 Å². The first-order valence-corrected chi connectivity index (χ1v) is 8.01. The molecule has 3 aromatic rings. The van der Waals surface area contributed by atoms with E-state index in [9.17, 15) is 4.79 Å². The molecule has 4 rings (SSSR count). The van der Waals surface area contributed by atoms with Gasteiger partial charge in [0.2, 0.25) is 5.91 Å². The molecule has 0 aliphatic carbocycles. The van der Waals surface area contributed by atoms with Crippen molar-refractivity contribution in [3.05, 3.63) is 54.2 Å². The number of carbonyl (C=O) groups is 1. The predicted octanol–water partition coefficient (Wildman–Crippen LogP) is 2.85. The van der Waals surface area contributed by atoms with E-state index in [1.165, 1.54) is 0 Å². The van der Waals surface area contributed by atoms with E-state index < -0.39 is 0 Å². The van der Waals surface area contributed by atoms with Crippen LogP contribution in [0.4, 0.5) is 0 Å². The zero-order chi connectivity index (χ0) is 17.2. The van der Waals surface area contributed by atoms with Gasteiger partial charge in [0.25, 0.3) is 5.89 Å². The van der Waals surface area contributed by atoms with Crippen LogP contribution >= 0.6 is 0 Å². The molecule has 0 spiro atoms. The van der Waals surface area contributed by atoms with Gasteiger partial charge in [-0.3, -0.25) is 4.79 Å². The Balaban J connectivity index is 1.47. The summed E-state index contributed by atoms with van der Waals surface area (Å²) in [6, 6.07) is 11.1. The average molecular weight is 339 g/mol. The standard InChI is InChI=1S/C18H17N3O4/c1-23-14-6-4-12(5-7-14)18-19-17(20-25-18)13-9-16(22)21(10-13)11-15-3-2-8-24-15/h2-8,13H,9-11H2,1H3. The van der Waals surface area contributed by atoms with Crippen molar-refractivity contribution in [2.24, 2.45) is 0 Å². The summed E-state index contributed by atoms with van der Waals surface area (Å²) in [5.41, 5.74) is 0.816. The van der Waals surface area contributed by atoms with Gasteiger partial charge in [0.05, 0.1) is 19.9 Å². The van der Waals surface area contributed by atoms with E-state index in [0.717, 1.165) is 17.1 Å². The second-order valence-corrected chi connectivity index (χ2v) is 5.94. The Morgan fingerprint density at radius 1 is 1.28 bits per heavy atom. The topological polar surface area (TPSA) is 81.6 Å². The molecule has 128 valence electrons. The SMILES string of the molecule is COc1ccc(-c2nc(C3CC(=O)N(Cc4ccco4)C3)no2)cc1. The van der Waals surface area contributed by atoms with Crippen molar-refractivity contribution >= 4 is 5.91 Å². The van der Waals surface area contributed by atoms with Crippen LogP contribution in [0, 0.1) is 0 Å². The van der Waals surface area contributed by atoms with E-state index in [4.69, 9.17) is 13.7 Å². The van der Waals surface area contributed by atoms with Crippen molar-refractivity contribution < 1.29 is 18.5 Å². The quantitative estimate of drug-likeness (QED) is 0.711. The van der Waals surface area contributed by atoms with E-state index in [2.05, 4.69) is 10.1 Å². The first kappa shape index (κ1) is 15.4. The molecule has 1 unspecified atom stereocenters. The number of nitrogens with zero attached hydrogens (tertiary/aromatic N) is 3. The van der Waals surface area contributed by atoms with E-state index in [1.807, 2.05) is 36.4 Å². The molecule has 3 heterocycles. The van der Waals surface area contributed by atoms with Crippen LogP contribution < -0.4 is 4.74 Å².